The highest BCUT2D eigenvalue weighted by Crippen LogP contribution is 2.24. The largest absolute Gasteiger partial charge is 0.313 e. The van der Waals surface area contributed by atoms with E-state index in [9.17, 15) is 0 Å². The van der Waals surface area contributed by atoms with Crippen LogP contribution < -0.4 is 5.32 Å². The number of hydrogen-bond acceptors (Lipinski definition) is 1. The Morgan fingerprint density at radius 1 is 1.13 bits per heavy atom. The fourth-order valence-electron chi connectivity index (χ4n) is 1.98. The third-order valence-electron chi connectivity index (χ3n) is 3.27. The summed E-state index contributed by atoms with van der Waals surface area (Å²) in [5.41, 5.74) is 2.82. The van der Waals surface area contributed by atoms with Crippen LogP contribution in [0.5, 0.6) is 0 Å². The van der Waals surface area contributed by atoms with Crippen LogP contribution in [0, 0.1) is 5.92 Å². The first-order valence-corrected chi connectivity index (χ1v) is 5.99. The average molecular weight is 205 g/mol. The number of nitrogens with one attached hydrogen (secondary N) is 1. The monoisotopic (exact) mass is 205 g/mol. The van der Waals surface area contributed by atoms with Crippen LogP contribution in [0.2, 0.25) is 0 Å². The fourth-order valence-corrected chi connectivity index (χ4v) is 1.98. The fraction of sp³-hybridized carbons (Fsp3) is 0.571. The zero-order valence-electron chi connectivity index (χ0n) is 10.4. The molecular weight excluding hydrogens is 182 g/mol. The van der Waals surface area contributed by atoms with E-state index in [-0.39, 0.29) is 0 Å². The first-order chi connectivity index (χ1) is 7.22. The summed E-state index contributed by atoms with van der Waals surface area (Å²) in [6.07, 6.45) is 2.33. The Hall–Kier alpha value is -0.820. The molecule has 0 heterocycles. The first kappa shape index (κ1) is 12.3. The van der Waals surface area contributed by atoms with Crippen molar-refractivity contribution in [2.24, 2.45) is 5.92 Å². The van der Waals surface area contributed by atoms with Gasteiger partial charge in [-0.05, 0) is 30.5 Å². The second kappa shape index (κ2) is 5.92. The molecule has 0 bridgehead atoms. The van der Waals surface area contributed by atoms with E-state index in [0.717, 1.165) is 6.42 Å². The molecule has 1 N–H and O–H groups in total. The van der Waals surface area contributed by atoms with Gasteiger partial charge in [0.2, 0.25) is 0 Å². The summed E-state index contributed by atoms with van der Waals surface area (Å²) in [4.78, 5) is 0. The van der Waals surface area contributed by atoms with Gasteiger partial charge in [0.1, 0.15) is 0 Å². The molecule has 0 saturated carbocycles. The molecule has 2 atom stereocenters. The van der Waals surface area contributed by atoms with Crippen LogP contribution in [-0.2, 0) is 6.42 Å². The van der Waals surface area contributed by atoms with E-state index in [1.54, 1.807) is 0 Å². The van der Waals surface area contributed by atoms with Crippen molar-refractivity contribution in [3.63, 3.8) is 0 Å². The molecule has 1 rings (SSSR count). The van der Waals surface area contributed by atoms with Crippen LogP contribution in [-0.4, -0.2) is 7.05 Å². The Morgan fingerprint density at radius 3 is 2.13 bits per heavy atom. The van der Waals surface area contributed by atoms with Gasteiger partial charge < -0.3 is 5.32 Å². The second-order valence-corrected chi connectivity index (χ2v) is 4.25. The van der Waals surface area contributed by atoms with Crippen LogP contribution in [0.4, 0.5) is 0 Å². The molecule has 1 aromatic rings. The lowest BCUT2D eigenvalue weighted by atomic mass is 9.92. The maximum Gasteiger partial charge on any atom is 0.0343 e. The van der Waals surface area contributed by atoms with Crippen LogP contribution in [0.15, 0.2) is 24.3 Å². The molecule has 0 aliphatic heterocycles. The smallest absolute Gasteiger partial charge is 0.0343 e. The topological polar surface area (TPSA) is 12.0 Å². The molecule has 84 valence electrons. The zero-order valence-corrected chi connectivity index (χ0v) is 10.4. The molecule has 0 radical (unpaired) electrons. The van der Waals surface area contributed by atoms with E-state index < -0.39 is 0 Å². The maximum atomic E-state index is 3.41. The molecule has 0 aromatic heterocycles. The molecule has 0 aliphatic carbocycles. The van der Waals surface area contributed by atoms with Crippen molar-refractivity contribution in [2.75, 3.05) is 7.05 Å². The van der Waals surface area contributed by atoms with Crippen molar-refractivity contribution in [1.82, 2.24) is 5.32 Å². The number of hydrogen-bond donors (Lipinski definition) is 1. The highest BCUT2D eigenvalue weighted by Gasteiger charge is 2.15. The molecule has 0 saturated heterocycles. The first-order valence-electron chi connectivity index (χ1n) is 5.99. The molecule has 0 aliphatic rings. The van der Waals surface area contributed by atoms with Crippen molar-refractivity contribution < 1.29 is 0 Å². The Kier molecular flexibility index (Phi) is 4.83. The van der Waals surface area contributed by atoms with Gasteiger partial charge >= 0.3 is 0 Å². The van der Waals surface area contributed by atoms with Gasteiger partial charge in [-0.1, -0.05) is 51.5 Å². The molecule has 0 amide bonds. The van der Waals surface area contributed by atoms with Gasteiger partial charge in [0.25, 0.3) is 0 Å². The molecule has 2 unspecified atom stereocenters. The van der Waals surface area contributed by atoms with Crippen molar-refractivity contribution in [1.29, 1.82) is 0 Å². The highest BCUT2D eigenvalue weighted by molar-refractivity contribution is 5.25. The summed E-state index contributed by atoms with van der Waals surface area (Å²) in [7, 11) is 2.05. The number of rotatable bonds is 5. The minimum atomic E-state index is 0.487. The van der Waals surface area contributed by atoms with Crippen molar-refractivity contribution in [3.8, 4) is 0 Å². The van der Waals surface area contributed by atoms with Gasteiger partial charge in [0, 0.05) is 6.04 Å². The lowest BCUT2D eigenvalue weighted by molar-refractivity contribution is 0.400. The number of aryl methyl sites for hydroxylation is 1. The minimum Gasteiger partial charge on any atom is -0.313 e. The van der Waals surface area contributed by atoms with Gasteiger partial charge in [0.05, 0.1) is 0 Å². The summed E-state index contributed by atoms with van der Waals surface area (Å²) in [5, 5.41) is 3.41. The van der Waals surface area contributed by atoms with Gasteiger partial charge in [-0.2, -0.15) is 0 Å². The normalized spacial score (nSPS) is 14.9. The minimum absolute atomic E-state index is 0.487. The lowest BCUT2D eigenvalue weighted by Gasteiger charge is -2.23. The quantitative estimate of drug-likeness (QED) is 0.775. The van der Waals surface area contributed by atoms with Crippen molar-refractivity contribution in [2.45, 2.75) is 39.7 Å². The molecule has 1 heteroatoms. The lowest BCUT2D eigenvalue weighted by Crippen LogP contribution is -2.22. The predicted molar refractivity (Wildman–Crippen MR) is 67.1 cm³/mol. The van der Waals surface area contributed by atoms with Crippen LogP contribution in [0.1, 0.15) is 44.4 Å². The highest BCUT2D eigenvalue weighted by atomic mass is 14.9. The molecular formula is C14H23N. The third-order valence-corrected chi connectivity index (χ3v) is 3.27. The summed E-state index contributed by atoms with van der Waals surface area (Å²) in [5.74, 6) is 0.683. The SMILES string of the molecule is CCc1ccc(C(NC)C(C)CC)cc1. The van der Waals surface area contributed by atoms with Gasteiger partial charge in [0.15, 0.2) is 0 Å². The third kappa shape index (κ3) is 3.07. The summed E-state index contributed by atoms with van der Waals surface area (Å²) in [6, 6.07) is 9.48. The predicted octanol–water partition coefficient (Wildman–Crippen LogP) is 3.56. The summed E-state index contributed by atoms with van der Waals surface area (Å²) in [6.45, 7) is 6.74. The second-order valence-electron chi connectivity index (χ2n) is 4.25. The van der Waals surface area contributed by atoms with E-state index in [1.165, 1.54) is 17.5 Å². The van der Waals surface area contributed by atoms with E-state index >= 15 is 0 Å². The summed E-state index contributed by atoms with van der Waals surface area (Å²) >= 11 is 0. The summed E-state index contributed by atoms with van der Waals surface area (Å²) < 4.78 is 0. The van der Waals surface area contributed by atoms with E-state index in [1.807, 2.05) is 7.05 Å². The average Bonchev–Trinajstić information content (AvgIpc) is 2.30. The number of benzene rings is 1. The van der Waals surface area contributed by atoms with E-state index in [0.29, 0.717) is 12.0 Å². The molecule has 15 heavy (non-hydrogen) atoms. The zero-order chi connectivity index (χ0) is 11.3. The Labute approximate surface area is 93.9 Å². The van der Waals surface area contributed by atoms with Crippen LogP contribution in [0.25, 0.3) is 0 Å². The Morgan fingerprint density at radius 2 is 1.73 bits per heavy atom. The van der Waals surface area contributed by atoms with Gasteiger partial charge in [-0.15, -0.1) is 0 Å². The van der Waals surface area contributed by atoms with Gasteiger partial charge in [-0.25, -0.2) is 0 Å². The van der Waals surface area contributed by atoms with E-state index in [4.69, 9.17) is 0 Å². The van der Waals surface area contributed by atoms with Gasteiger partial charge in [-0.3, -0.25) is 0 Å². The standard InChI is InChI=1S/C14H23N/c1-5-11(3)14(15-4)13-9-7-12(6-2)8-10-13/h7-11,14-15H,5-6H2,1-4H3. The maximum absolute atomic E-state index is 3.41. The Balaban J connectivity index is 2.83. The van der Waals surface area contributed by atoms with E-state index in [2.05, 4.69) is 50.4 Å². The molecule has 1 aromatic carbocycles. The molecule has 0 spiro atoms. The molecule has 0 fully saturated rings. The Bertz CT molecular complexity index is 276. The van der Waals surface area contributed by atoms with Crippen LogP contribution in [0.3, 0.4) is 0 Å². The van der Waals surface area contributed by atoms with Crippen molar-refractivity contribution in [3.05, 3.63) is 35.4 Å². The van der Waals surface area contributed by atoms with Crippen LogP contribution >= 0.6 is 0 Å². The van der Waals surface area contributed by atoms with Crippen molar-refractivity contribution >= 4 is 0 Å². The molecule has 1 nitrogen and oxygen atoms in total.